The SMILES string of the molecule is CC(=O)NC1CCN(C(=O)CSCC(=O)O)CC1. The Morgan fingerprint density at radius 2 is 1.89 bits per heavy atom. The van der Waals surface area contributed by atoms with E-state index in [-0.39, 0.29) is 29.4 Å². The third-order valence-corrected chi connectivity index (χ3v) is 3.61. The molecule has 0 saturated carbocycles. The number of hydrogen-bond acceptors (Lipinski definition) is 4. The first kappa shape index (κ1) is 14.8. The molecule has 1 aliphatic heterocycles. The molecule has 1 rings (SSSR count). The number of likely N-dealkylation sites (tertiary alicyclic amines) is 1. The van der Waals surface area contributed by atoms with Crippen molar-refractivity contribution in [3.8, 4) is 0 Å². The molecule has 18 heavy (non-hydrogen) atoms. The zero-order valence-electron chi connectivity index (χ0n) is 10.3. The number of thioether (sulfide) groups is 1. The van der Waals surface area contributed by atoms with Gasteiger partial charge in [-0.15, -0.1) is 11.8 Å². The molecule has 0 atom stereocenters. The van der Waals surface area contributed by atoms with Gasteiger partial charge in [-0.3, -0.25) is 14.4 Å². The number of carbonyl (C=O) groups excluding carboxylic acids is 2. The summed E-state index contributed by atoms with van der Waals surface area (Å²) in [5.41, 5.74) is 0. The van der Waals surface area contributed by atoms with E-state index in [1.165, 1.54) is 6.92 Å². The number of piperidine rings is 1. The van der Waals surface area contributed by atoms with Crippen LogP contribution >= 0.6 is 11.8 Å². The Bertz CT molecular complexity index is 327. The molecule has 0 bridgehead atoms. The van der Waals surface area contributed by atoms with Gasteiger partial charge >= 0.3 is 5.97 Å². The maximum atomic E-state index is 11.7. The molecule has 0 aromatic heterocycles. The second kappa shape index (κ2) is 7.25. The zero-order valence-corrected chi connectivity index (χ0v) is 11.2. The molecule has 1 saturated heterocycles. The lowest BCUT2D eigenvalue weighted by Gasteiger charge is -2.32. The van der Waals surface area contributed by atoms with Crippen LogP contribution in [0.1, 0.15) is 19.8 Å². The first-order valence-corrected chi connectivity index (χ1v) is 6.99. The van der Waals surface area contributed by atoms with Gasteiger partial charge < -0.3 is 15.3 Å². The van der Waals surface area contributed by atoms with Crippen molar-refractivity contribution in [3.63, 3.8) is 0 Å². The summed E-state index contributed by atoms with van der Waals surface area (Å²) in [4.78, 5) is 34.7. The van der Waals surface area contributed by atoms with Gasteiger partial charge in [0, 0.05) is 26.1 Å². The van der Waals surface area contributed by atoms with Crippen molar-refractivity contribution in [1.82, 2.24) is 10.2 Å². The highest BCUT2D eigenvalue weighted by Gasteiger charge is 2.22. The lowest BCUT2D eigenvalue weighted by atomic mass is 10.1. The van der Waals surface area contributed by atoms with E-state index in [2.05, 4.69) is 5.32 Å². The van der Waals surface area contributed by atoms with Gasteiger partial charge in [0.15, 0.2) is 0 Å². The summed E-state index contributed by atoms with van der Waals surface area (Å²) in [7, 11) is 0. The Balaban J connectivity index is 2.23. The Kier molecular flexibility index (Phi) is 5.97. The molecule has 1 aliphatic rings. The number of carbonyl (C=O) groups is 3. The Labute approximate surface area is 110 Å². The summed E-state index contributed by atoms with van der Waals surface area (Å²) in [6.07, 6.45) is 1.52. The van der Waals surface area contributed by atoms with Crippen molar-refractivity contribution in [2.75, 3.05) is 24.6 Å². The van der Waals surface area contributed by atoms with Crippen molar-refractivity contribution in [1.29, 1.82) is 0 Å². The lowest BCUT2D eigenvalue weighted by Crippen LogP contribution is -2.46. The third kappa shape index (κ3) is 5.39. The summed E-state index contributed by atoms with van der Waals surface area (Å²) < 4.78 is 0. The smallest absolute Gasteiger partial charge is 0.313 e. The number of nitrogens with one attached hydrogen (secondary N) is 1. The number of hydrogen-bond donors (Lipinski definition) is 2. The van der Waals surface area contributed by atoms with Crippen LogP contribution in [0.5, 0.6) is 0 Å². The number of rotatable bonds is 5. The summed E-state index contributed by atoms with van der Waals surface area (Å²) in [5, 5.41) is 11.3. The molecule has 2 N–H and O–H groups in total. The molecule has 102 valence electrons. The number of carboxylic acid groups (broad SMARTS) is 1. The average molecular weight is 274 g/mol. The molecular weight excluding hydrogens is 256 g/mol. The van der Waals surface area contributed by atoms with Crippen molar-refractivity contribution in [2.24, 2.45) is 0 Å². The molecular formula is C11H18N2O4S. The quantitative estimate of drug-likeness (QED) is 0.733. The maximum Gasteiger partial charge on any atom is 0.313 e. The van der Waals surface area contributed by atoms with Crippen LogP contribution in [0.4, 0.5) is 0 Å². The second-order valence-electron chi connectivity index (χ2n) is 4.24. The van der Waals surface area contributed by atoms with Gasteiger partial charge in [0.25, 0.3) is 0 Å². The van der Waals surface area contributed by atoms with Crippen LogP contribution in [0.25, 0.3) is 0 Å². The van der Waals surface area contributed by atoms with Crippen molar-refractivity contribution in [2.45, 2.75) is 25.8 Å². The van der Waals surface area contributed by atoms with Crippen LogP contribution in [0.2, 0.25) is 0 Å². The van der Waals surface area contributed by atoms with Gasteiger partial charge in [-0.25, -0.2) is 0 Å². The predicted octanol–water partition coefficient (Wildman–Crippen LogP) is -0.0687. The number of amides is 2. The van der Waals surface area contributed by atoms with E-state index in [0.717, 1.165) is 24.6 Å². The van der Waals surface area contributed by atoms with Crippen LogP contribution in [-0.2, 0) is 14.4 Å². The summed E-state index contributed by atoms with van der Waals surface area (Å²) in [6, 6.07) is 0.151. The van der Waals surface area contributed by atoms with Gasteiger partial charge in [0.1, 0.15) is 0 Å². The Morgan fingerprint density at radius 3 is 2.39 bits per heavy atom. The molecule has 2 amide bonds. The highest BCUT2D eigenvalue weighted by Crippen LogP contribution is 2.12. The highest BCUT2D eigenvalue weighted by molar-refractivity contribution is 8.00. The molecule has 0 radical (unpaired) electrons. The number of carboxylic acids is 1. The third-order valence-electron chi connectivity index (χ3n) is 2.71. The van der Waals surface area contributed by atoms with E-state index in [1.807, 2.05) is 0 Å². The van der Waals surface area contributed by atoms with Gasteiger partial charge in [0.2, 0.25) is 11.8 Å². The van der Waals surface area contributed by atoms with Crippen molar-refractivity contribution >= 4 is 29.5 Å². The van der Waals surface area contributed by atoms with E-state index in [9.17, 15) is 14.4 Å². The van der Waals surface area contributed by atoms with Crippen molar-refractivity contribution in [3.05, 3.63) is 0 Å². The van der Waals surface area contributed by atoms with Crippen LogP contribution in [0.3, 0.4) is 0 Å². The van der Waals surface area contributed by atoms with Crippen LogP contribution < -0.4 is 5.32 Å². The zero-order chi connectivity index (χ0) is 13.5. The summed E-state index contributed by atoms with van der Waals surface area (Å²) >= 11 is 1.11. The van der Waals surface area contributed by atoms with Crippen LogP contribution in [0, 0.1) is 0 Å². The van der Waals surface area contributed by atoms with Crippen molar-refractivity contribution < 1.29 is 19.5 Å². The van der Waals surface area contributed by atoms with E-state index in [4.69, 9.17) is 5.11 Å². The van der Waals surface area contributed by atoms with E-state index >= 15 is 0 Å². The van der Waals surface area contributed by atoms with Gasteiger partial charge in [-0.2, -0.15) is 0 Å². The molecule has 0 aliphatic carbocycles. The van der Waals surface area contributed by atoms with E-state index < -0.39 is 5.97 Å². The van der Waals surface area contributed by atoms with Crippen LogP contribution in [-0.4, -0.2) is 58.4 Å². The molecule has 1 heterocycles. The minimum Gasteiger partial charge on any atom is -0.481 e. The second-order valence-corrected chi connectivity index (χ2v) is 5.23. The summed E-state index contributed by atoms with van der Waals surface area (Å²) in [6.45, 7) is 2.73. The molecule has 0 spiro atoms. The van der Waals surface area contributed by atoms with Crippen LogP contribution in [0.15, 0.2) is 0 Å². The van der Waals surface area contributed by atoms with Gasteiger partial charge in [0.05, 0.1) is 11.5 Å². The van der Waals surface area contributed by atoms with Gasteiger partial charge in [-0.1, -0.05) is 0 Å². The number of aliphatic carboxylic acids is 1. The monoisotopic (exact) mass is 274 g/mol. The highest BCUT2D eigenvalue weighted by atomic mass is 32.2. The predicted molar refractivity (Wildman–Crippen MR) is 68.4 cm³/mol. The fourth-order valence-corrected chi connectivity index (χ4v) is 2.51. The Morgan fingerprint density at radius 1 is 1.28 bits per heavy atom. The molecule has 0 aromatic rings. The fourth-order valence-electron chi connectivity index (χ4n) is 1.88. The van der Waals surface area contributed by atoms with E-state index in [0.29, 0.717) is 13.1 Å². The minimum absolute atomic E-state index is 0.0254. The molecule has 0 aromatic carbocycles. The number of nitrogens with zero attached hydrogens (tertiary/aromatic N) is 1. The largest absolute Gasteiger partial charge is 0.481 e. The topological polar surface area (TPSA) is 86.7 Å². The normalized spacial score (nSPS) is 16.4. The molecule has 0 unspecified atom stereocenters. The standard InChI is InChI=1S/C11H18N2O4S/c1-8(14)12-9-2-4-13(5-3-9)10(15)6-18-7-11(16)17/h9H,2-7H2,1H3,(H,12,14)(H,16,17). The molecule has 7 heteroatoms. The maximum absolute atomic E-state index is 11.7. The first-order valence-electron chi connectivity index (χ1n) is 5.83. The Hall–Kier alpha value is -1.24. The first-order chi connectivity index (χ1) is 8.49. The summed E-state index contributed by atoms with van der Waals surface area (Å²) in [5.74, 6) is -0.818. The molecule has 1 fully saturated rings. The van der Waals surface area contributed by atoms with E-state index in [1.54, 1.807) is 4.90 Å². The minimum atomic E-state index is -0.905. The fraction of sp³-hybridized carbons (Fsp3) is 0.727. The lowest BCUT2D eigenvalue weighted by molar-refractivity contribution is -0.134. The average Bonchev–Trinajstić information content (AvgIpc) is 2.28. The molecule has 6 nitrogen and oxygen atoms in total. The van der Waals surface area contributed by atoms with Gasteiger partial charge in [-0.05, 0) is 12.8 Å².